The van der Waals surface area contributed by atoms with Crippen LogP contribution in [-0.2, 0) is 4.74 Å². The number of carbonyl (C=O) groups is 1. The Balaban J connectivity index is 2.80. The molecule has 1 aromatic rings. The lowest BCUT2D eigenvalue weighted by atomic mass is 10.1. The maximum absolute atomic E-state index is 13.3. The van der Waals surface area contributed by atoms with Gasteiger partial charge in [-0.05, 0) is 18.2 Å². The minimum absolute atomic E-state index is 0.0881. The minimum Gasteiger partial charge on any atom is -0.496 e. The molecular weight excluding hydrogens is 275 g/mol. The second-order valence-electron chi connectivity index (χ2n) is 4.44. The van der Waals surface area contributed by atoms with Crippen molar-refractivity contribution >= 4 is 5.78 Å². The van der Waals surface area contributed by atoms with Gasteiger partial charge in [-0.1, -0.05) is 0 Å². The van der Waals surface area contributed by atoms with Gasteiger partial charge >= 0.3 is 0 Å². The molecule has 1 rings (SSSR count). The molecule has 1 aromatic carbocycles. The Hall–Kier alpha value is -1.97. The Bertz CT molecular complexity index is 514. The van der Waals surface area contributed by atoms with E-state index >= 15 is 0 Å². The third kappa shape index (κ3) is 5.50. The number of methoxy groups -OCH3 is 2. The second kappa shape index (κ2) is 9.06. The van der Waals surface area contributed by atoms with Crippen molar-refractivity contribution in [2.45, 2.75) is 6.42 Å². The van der Waals surface area contributed by atoms with Gasteiger partial charge in [0, 0.05) is 26.6 Å². The first kappa shape index (κ1) is 17.1. The summed E-state index contributed by atoms with van der Waals surface area (Å²) in [4.78, 5) is 14.1. The first-order valence-corrected chi connectivity index (χ1v) is 6.57. The summed E-state index contributed by atoms with van der Waals surface area (Å²) in [5, 5.41) is 8.65. The highest BCUT2D eigenvalue weighted by atomic mass is 19.1. The van der Waals surface area contributed by atoms with E-state index < -0.39 is 5.82 Å². The highest BCUT2D eigenvalue weighted by Crippen LogP contribution is 2.20. The summed E-state index contributed by atoms with van der Waals surface area (Å²) in [5.74, 6) is -0.395. The summed E-state index contributed by atoms with van der Waals surface area (Å²) in [5.41, 5.74) is 0.205. The number of ether oxygens (including phenoxy) is 2. The third-order valence-corrected chi connectivity index (χ3v) is 2.98. The molecule has 0 N–H and O–H groups in total. The van der Waals surface area contributed by atoms with E-state index in [0.29, 0.717) is 31.9 Å². The quantitative estimate of drug-likeness (QED) is 0.651. The van der Waals surface area contributed by atoms with Crippen LogP contribution in [0.1, 0.15) is 16.8 Å². The van der Waals surface area contributed by atoms with Crippen molar-refractivity contribution in [1.29, 1.82) is 5.26 Å². The molecule has 6 heteroatoms. The maximum atomic E-state index is 13.3. The number of hydrogen-bond donors (Lipinski definition) is 0. The molecule has 0 aliphatic heterocycles. The van der Waals surface area contributed by atoms with E-state index in [1.807, 2.05) is 6.07 Å². The summed E-state index contributed by atoms with van der Waals surface area (Å²) < 4.78 is 23.4. The van der Waals surface area contributed by atoms with Gasteiger partial charge in [0.25, 0.3) is 0 Å². The van der Waals surface area contributed by atoms with E-state index in [2.05, 4.69) is 0 Å². The number of rotatable bonds is 9. The van der Waals surface area contributed by atoms with Gasteiger partial charge in [-0.15, -0.1) is 0 Å². The van der Waals surface area contributed by atoms with Crippen LogP contribution in [0.5, 0.6) is 5.75 Å². The zero-order chi connectivity index (χ0) is 15.7. The van der Waals surface area contributed by atoms with Crippen LogP contribution in [0.25, 0.3) is 0 Å². The molecule has 0 radical (unpaired) electrons. The van der Waals surface area contributed by atoms with Crippen LogP contribution < -0.4 is 4.74 Å². The summed E-state index contributed by atoms with van der Waals surface area (Å²) in [6.07, 6.45) is 0.317. The van der Waals surface area contributed by atoms with Crippen LogP contribution in [0.15, 0.2) is 18.2 Å². The normalized spacial score (nSPS) is 10.4. The summed E-state index contributed by atoms with van der Waals surface area (Å²) >= 11 is 0. The van der Waals surface area contributed by atoms with Gasteiger partial charge in [0.05, 0.1) is 31.9 Å². The van der Waals surface area contributed by atoms with Crippen LogP contribution in [0.3, 0.4) is 0 Å². The molecule has 0 aromatic heterocycles. The number of Topliss-reactive ketones (excluding diaryl/α,β-unsaturated/α-hetero) is 1. The van der Waals surface area contributed by atoms with Crippen molar-refractivity contribution in [3.8, 4) is 11.8 Å². The second-order valence-corrected chi connectivity index (χ2v) is 4.44. The predicted octanol–water partition coefficient (Wildman–Crippen LogP) is 1.88. The van der Waals surface area contributed by atoms with Gasteiger partial charge in [0.15, 0.2) is 5.78 Å². The van der Waals surface area contributed by atoms with Crippen molar-refractivity contribution in [2.24, 2.45) is 0 Å². The Labute approximate surface area is 123 Å². The van der Waals surface area contributed by atoms with E-state index in [1.165, 1.54) is 25.3 Å². The summed E-state index contributed by atoms with van der Waals surface area (Å²) in [7, 11) is 3.00. The molecule has 21 heavy (non-hydrogen) atoms. The van der Waals surface area contributed by atoms with E-state index in [0.717, 1.165) is 0 Å². The smallest absolute Gasteiger partial charge is 0.180 e. The Kier molecular flexibility index (Phi) is 7.37. The van der Waals surface area contributed by atoms with Gasteiger partial charge in [0.1, 0.15) is 11.6 Å². The van der Waals surface area contributed by atoms with Gasteiger partial charge < -0.3 is 9.47 Å². The molecule has 0 amide bonds. The predicted molar refractivity (Wildman–Crippen MR) is 75.8 cm³/mol. The fourth-order valence-electron chi connectivity index (χ4n) is 1.88. The molecule has 114 valence electrons. The average molecular weight is 294 g/mol. The molecule has 0 bridgehead atoms. The summed E-state index contributed by atoms with van der Waals surface area (Å²) in [6.45, 7) is 1.54. The lowest BCUT2D eigenvalue weighted by molar-refractivity contribution is 0.0895. The molecule has 0 aliphatic rings. The Morgan fingerprint density at radius 2 is 2.14 bits per heavy atom. The number of hydrogen-bond acceptors (Lipinski definition) is 5. The molecule has 0 atom stereocenters. The van der Waals surface area contributed by atoms with E-state index in [1.54, 1.807) is 12.0 Å². The first-order valence-electron chi connectivity index (χ1n) is 6.57. The Morgan fingerprint density at radius 3 is 2.76 bits per heavy atom. The van der Waals surface area contributed by atoms with Gasteiger partial charge in [0.2, 0.25) is 0 Å². The standard InChI is InChI=1S/C15H19FN2O3/c1-20-9-8-18(7-3-6-17)11-14(19)13-10-12(16)4-5-15(13)21-2/h4-5,10H,3,7-9,11H2,1-2H3. The summed E-state index contributed by atoms with van der Waals surface area (Å²) in [6, 6.07) is 5.88. The van der Waals surface area contributed by atoms with Crippen molar-refractivity contribution in [1.82, 2.24) is 4.90 Å². The average Bonchev–Trinajstić information content (AvgIpc) is 2.49. The molecule has 0 heterocycles. The van der Waals surface area contributed by atoms with E-state index in [9.17, 15) is 9.18 Å². The van der Waals surface area contributed by atoms with Crippen molar-refractivity contribution in [3.63, 3.8) is 0 Å². The van der Waals surface area contributed by atoms with Crippen LogP contribution in [0.2, 0.25) is 0 Å². The lowest BCUT2D eigenvalue weighted by Gasteiger charge is -2.20. The number of nitriles is 1. The number of carbonyl (C=O) groups excluding carboxylic acids is 1. The molecule has 0 saturated carbocycles. The Morgan fingerprint density at radius 1 is 1.38 bits per heavy atom. The number of halogens is 1. The third-order valence-electron chi connectivity index (χ3n) is 2.98. The fourth-order valence-corrected chi connectivity index (χ4v) is 1.88. The van der Waals surface area contributed by atoms with E-state index in [4.69, 9.17) is 14.7 Å². The zero-order valence-corrected chi connectivity index (χ0v) is 12.3. The number of nitrogens with zero attached hydrogens (tertiary/aromatic N) is 2. The molecular formula is C15H19FN2O3. The lowest BCUT2D eigenvalue weighted by Crippen LogP contribution is -2.33. The largest absolute Gasteiger partial charge is 0.496 e. The molecule has 5 nitrogen and oxygen atoms in total. The van der Waals surface area contributed by atoms with Crippen LogP contribution in [-0.4, -0.2) is 51.1 Å². The van der Waals surface area contributed by atoms with Crippen LogP contribution in [0.4, 0.5) is 4.39 Å². The monoisotopic (exact) mass is 294 g/mol. The van der Waals surface area contributed by atoms with Gasteiger partial charge in [-0.2, -0.15) is 5.26 Å². The molecule has 0 fully saturated rings. The van der Waals surface area contributed by atoms with Gasteiger partial charge in [-0.25, -0.2) is 4.39 Å². The van der Waals surface area contributed by atoms with E-state index in [-0.39, 0.29) is 17.9 Å². The number of ketones is 1. The fraction of sp³-hybridized carbons (Fsp3) is 0.467. The van der Waals surface area contributed by atoms with Crippen molar-refractivity contribution < 1.29 is 18.7 Å². The SMILES string of the molecule is COCCN(CCC#N)CC(=O)c1cc(F)ccc1OC. The van der Waals surface area contributed by atoms with Crippen LogP contribution in [0, 0.1) is 17.1 Å². The van der Waals surface area contributed by atoms with Gasteiger partial charge in [-0.3, -0.25) is 9.69 Å². The first-order chi connectivity index (χ1) is 10.1. The number of benzene rings is 1. The molecule has 0 aliphatic carbocycles. The highest BCUT2D eigenvalue weighted by molar-refractivity contribution is 6.00. The topological polar surface area (TPSA) is 62.6 Å². The molecule has 0 unspecified atom stereocenters. The highest BCUT2D eigenvalue weighted by Gasteiger charge is 2.17. The zero-order valence-electron chi connectivity index (χ0n) is 12.3. The molecule has 0 saturated heterocycles. The maximum Gasteiger partial charge on any atom is 0.180 e. The van der Waals surface area contributed by atoms with Crippen molar-refractivity contribution in [2.75, 3.05) is 40.5 Å². The van der Waals surface area contributed by atoms with Crippen LogP contribution >= 0.6 is 0 Å². The molecule has 0 spiro atoms. The van der Waals surface area contributed by atoms with Crippen molar-refractivity contribution in [3.05, 3.63) is 29.6 Å². The minimum atomic E-state index is -0.486.